The van der Waals surface area contributed by atoms with Gasteiger partial charge in [0.2, 0.25) is 0 Å². The van der Waals surface area contributed by atoms with Gasteiger partial charge < -0.3 is 5.32 Å². The van der Waals surface area contributed by atoms with Gasteiger partial charge in [0.05, 0.1) is 6.07 Å². The maximum absolute atomic E-state index is 13.7. The maximum Gasteiger partial charge on any atom is 0.126 e. The lowest BCUT2D eigenvalue weighted by atomic mass is 9.93. The molecule has 0 aromatic heterocycles. The molecule has 0 amide bonds. The Balaban J connectivity index is 2.19. The smallest absolute Gasteiger partial charge is 0.126 e. The second-order valence-electron chi connectivity index (χ2n) is 4.84. The molecule has 20 heavy (non-hydrogen) atoms. The SMILES string of the molecule is CC(C#N)(Cc1ccccc1F)Nc1ccc(F)cc1. The number of hydrogen-bond acceptors (Lipinski definition) is 2. The Labute approximate surface area is 116 Å². The summed E-state index contributed by atoms with van der Waals surface area (Å²) >= 11 is 0. The van der Waals surface area contributed by atoms with E-state index in [9.17, 15) is 14.0 Å². The lowest BCUT2D eigenvalue weighted by Crippen LogP contribution is -2.35. The van der Waals surface area contributed by atoms with E-state index >= 15 is 0 Å². The number of rotatable bonds is 4. The third-order valence-electron chi connectivity index (χ3n) is 3.01. The molecule has 102 valence electrons. The highest BCUT2D eigenvalue weighted by atomic mass is 19.1. The van der Waals surface area contributed by atoms with Crippen molar-refractivity contribution in [1.29, 1.82) is 5.26 Å². The minimum absolute atomic E-state index is 0.216. The highest BCUT2D eigenvalue weighted by Gasteiger charge is 2.25. The van der Waals surface area contributed by atoms with Crippen molar-refractivity contribution in [2.75, 3.05) is 5.32 Å². The quantitative estimate of drug-likeness (QED) is 0.916. The Hall–Kier alpha value is -2.41. The van der Waals surface area contributed by atoms with E-state index < -0.39 is 5.54 Å². The summed E-state index contributed by atoms with van der Waals surface area (Å²) in [7, 11) is 0. The average molecular weight is 272 g/mol. The van der Waals surface area contributed by atoms with Gasteiger partial charge >= 0.3 is 0 Å². The van der Waals surface area contributed by atoms with E-state index in [4.69, 9.17) is 0 Å². The summed E-state index contributed by atoms with van der Waals surface area (Å²) in [5.74, 6) is -0.682. The molecule has 0 aliphatic carbocycles. The molecule has 0 saturated carbocycles. The van der Waals surface area contributed by atoms with Crippen molar-refractivity contribution in [3.05, 3.63) is 65.7 Å². The zero-order valence-electron chi connectivity index (χ0n) is 11.0. The predicted octanol–water partition coefficient (Wildman–Crippen LogP) is 3.90. The molecule has 1 atom stereocenters. The Morgan fingerprint density at radius 2 is 1.75 bits per heavy atom. The van der Waals surface area contributed by atoms with E-state index in [-0.39, 0.29) is 18.1 Å². The van der Waals surface area contributed by atoms with Crippen LogP contribution in [0.5, 0.6) is 0 Å². The first kappa shape index (κ1) is 14.0. The summed E-state index contributed by atoms with van der Waals surface area (Å²) in [6.07, 6.45) is 0.216. The highest BCUT2D eigenvalue weighted by molar-refractivity contribution is 5.48. The second kappa shape index (κ2) is 5.70. The zero-order valence-corrected chi connectivity index (χ0v) is 11.0. The molecule has 0 saturated heterocycles. The molecule has 0 bridgehead atoms. The Morgan fingerprint density at radius 3 is 2.35 bits per heavy atom. The van der Waals surface area contributed by atoms with Gasteiger partial charge in [0.1, 0.15) is 17.2 Å². The number of nitrogens with zero attached hydrogens (tertiary/aromatic N) is 1. The van der Waals surface area contributed by atoms with Crippen molar-refractivity contribution >= 4 is 5.69 Å². The molecule has 4 heteroatoms. The van der Waals surface area contributed by atoms with Gasteiger partial charge in [-0.25, -0.2) is 8.78 Å². The zero-order chi connectivity index (χ0) is 14.6. The molecule has 0 aliphatic heterocycles. The first-order valence-corrected chi connectivity index (χ1v) is 6.21. The number of nitrogens with one attached hydrogen (secondary N) is 1. The van der Waals surface area contributed by atoms with Crippen molar-refractivity contribution < 1.29 is 8.78 Å². The molecule has 1 N–H and O–H groups in total. The van der Waals surface area contributed by atoms with Crippen LogP contribution >= 0.6 is 0 Å². The molecule has 2 aromatic rings. The minimum Gasteiger partial charge on any atom is -0.367 e. The van der Waals surface area contributed by atoms with Crippen LogP contribution in [0.4, 0.5) is 14.5 Å². The van der Waals surface area contributed by atoms with E-state index in [1.165, 1.54) is 18.2 Å². The summed E-state index contributed by atoms with van der Waals surface area (Å²) in [5, 5.41) is 12.4. The van der Waals surface area contributed by atoms with Crippen molar-refractivity contribution in [2.45, 2.75) is 18.9 Å². The van der Waals surface area contributed by atoms with Gasteiger partial charge in [-0.3, -0.25) is 0 Å². The van der Waals surface area contributed by atoms with Crippen LogP contribution in [0.3, 0.4) is 0 Å². The fraction of sp³-hybridized carbons (Fsp3) is 0.188. The van der Waals surface area contributed by atoms with Crippen LogP contribution in [0.15, 0.2) is 48.5 Å². The van der Waals surface area contributed by atoms with Gasteiger partial charge in [-0.2, -0.15) is 5.26 Å². The molecular weight excluding hydrogens is 258 g/mol. The van der Waals surface area contributed by atoms with E-state index in [0.717, 1.165) is 0 Å². The first-order chi connectivity index (χ1) is 9.52. The third-order valence-corrected chi connectivity index (χ3v) is 3.01. The van der Waals surface area contributed by atoms with Crippen LogP contribution in [0.1, 0.15) is 12.5 Å². The molecule has 0 heterocycles. The largest absolute Gasteiger partial charge is 0.367 e. The van der Waals surface area contributed by atoms with Gasteiger partial charge in [-0.15, -0.1) is 0 Å². The van der Waals surface area contributed by atoms with Gasteiger partial charge in [-0.1, -0.05) is 18.2 Å². The Kier molecular flexibility index (Phi) is 3.99. The Morgan fingerprint density at radius 1 is 1.10 bits per heavy atom. The second-order valence-corrected chi connectivity index (χ2v) is 4.84. The summed E-state index contributed by atoms with van der Waals surface area (Å²) in [6.45, 7) is 1.68. The number of anilines is 1. The van der Waals surface area contributed by atoms with Gasteiger partial charge in [0.15, 0.2) is 0 Å². The van der Waals surface area contributed by atoms with Crippen molar-refractivity contribution in [3.8, 4) is 6.07 Å². The summed E-state index contributed by atoms with van der Waals surface area (Å²) < 4.78 is 26.5. The fourth-order valence-corrected chi connectivity index (χ4v) is 1.99. The normalized spacial score (nSPS) is 13.3. The number of halogens is 2. The van der Waals surface area contributed by atoms with Crippen LogP contribution in [0.2, 0.25) is 0 Å². The first-order valence-electron chi connectivity index (χ1n) is 6.21. The fourth-order valence-electron chi connectivity index (χ4n) is 1.99. The molecule has 1 unspecified atom stereocenters. The predicted molar refractivity (Wildman–Crippen MR) is 74.1 cm³/mol. The van der Waals surface area contributed by atoms with Crippen LogP contribution in [-0.4, -0.2) is 5.54 Å². The van der Waals surface area contributed by atoms with Crippen LogP contribution < -0.4 is 5.32 Å². The molecule has 0 spiro atoms. The van der Waals surface area contributed by atoms with Crippen LogP contribution in [-0.2, 0) is 6.42 Å². The van der Waals surface area contributed by atoms with Gasteiger partial charge in [0.25, 0.3) is 0 Å². The van der Waals surface area contributed by atoms with E-state index in [0.29, 0.717) is 11.3 Å². The summed E-state index contributed by atoms with van der Waals surface area (Å²) in [5.41, 5.74) is 0.109. The topological polar surface area (TPSA) is 35.8 Å². The number of benzene rings is 2. The standard InChI is InChI=1S/C16H14F2N2/c1-16(11-19,10-12-4-2-3-5-15(12)18)20-14-8-6-13(17)7-9-14/h2-9,20H,10H2,1H3. The maximum atomic E-state index is 13.7. The van der Waals surface area contributed by atoms with Crippen molar-refractivity contribution in [3.63, 3.8) is 0 Å². The van der Waals surface area contributed by atoms with Gasteiger partial charge in [-0.05, 0) is 42.8 Å². The molecule has 0 fully saturated rings. The molecule has 0 aliphatic rings. The molecule has 2 nitrogen and oxygen atoms in total. The lowest BCUT2D eigenvalue weighted by molar-refractivity contribution is 0.575. The minimum atomic E-state index is -0.972. The number of hydrogen-bond donors (Lipinski definition) is 1. The van der Waals surface area contributed by atoms with E-state index in [1.54, 1.807) is 37.3 Å². The summed E-state index contributed by atoms with van der Waals surface area (Å²) in [4.78, 5) is 0. The number of nitriles is 1. The molecule has 0 radical (unpaired) electrons. The van der Waals surface area contributed by atoms with Crippen molar-refractivity contribution in [2.24, 2.45) is 0 Å². The highest BCUT2D eigenvalue weighted by Crippen LogP contribution is 2.21. The van der Waals surface area contributed by atoms with Crippen molar-refractivity contribution in [1.82, 2.24) is 0 Å². The van der Waals surface area contributed by atoms with E-state index in [1.807, 2.05) is 0 Å². The lowest BCUT2D eigenvalue weighted by Gasteiger charge is -2.25. The van der Waals surface area contributed by atoms with Crippen LogP contribution in [0.25, 0.3) is 0 Å². The van der Waals surface area contributed by atoms with Crippen LogP contribution in [0, 0.1) is 23.0 Å². The Bertz CT molecular complexity index is 632. The molecule has 2 aromatic carbocycles. The van der Waals surface area contributed by atoms with Gasteiger partial charge in [0, 0.05) is 12.1 Å². The summed E-state index contributed by atoms with van der Waals surface area (Å²) in [6, 6.07) is 14.2. The molecular formula is C16H14F2N2. The molecule has 2 rings (SSSR count). The average Bonchev–Trinajstić information content (AvgIpc) is 2.44. The third kappa shape index (κ3) is 3.33. The van der Waals surface area contributed by atoms with E-state index in [2.05, 4.69) is 11.4 Å². The monoisotopic (exact) mass is 272 g/mol.